The predicted molar refractivity (Wildman–Crippen MR) is 332 cm³/mol. The molecule has 0 aliphatic carbocycles. The molecule has 76 heavy (non-hydrogen) atoms. The van der Waals surface area contributed by atoms with Gasteiger partial charge in [-0.2, -0.15) is 0 Å². The SMILES string of the molecule is CC/C=C\C/C=C\C/C=C\C/C=C\C/C=C\C/C=C\CCCCCCCCCCCCCCCCCCC(=O)NC(COP(=O)(O)OCC[N+](C)(C)C)C(O)/C=C/CC/C=C/CCCCCCCCCCCCCCC. The van der Waals surface area contributed by atoms with Gasteiger partial charge in [-0.05, 0) is 83.5 Å². The van der Waals surface area contributed by atoms with Crippen LogP contribution < -0.4 is 5.32 Å². The van der Waals surface area contributed by atoms with Crippen LogP contribution in [0.1, 0.15) is 271 Å². The number of hydrogen-bond donors (Lipinski definition) is 3. The van der Waals surface area contributed by atoms with Crippen molar-refractivity contribution < 1.29 is 32.9 Å². The van der Waals surface area contributed by atoms with Crippen LogP contribution in [0.4, 0.5) is 0 Å². The molecule has 9 heteroatoms. The molecule has 0 fully saturated rings. The number of unbranched alkanes of at least 4 members (excludes halogenated alkanes) is 30. The average Bonchev–Trinajstić information content (AvgIpc) is 3.38. The Morgan fingerprint density at radius 3 is 1.21 bits per heavy atom. The third-order valence-electron chi connectivity index (χ3n) is 13.8. The molecule has 0 aliphatic rings. The number of likely N-dealkylation sites (N-methyl/N-ethyl adjacent to an activating group) is 1. The second-order valence-electron chi connectivity index (χ2n) is 22.4. The number of nitrogens with one attached hydrogen (secondary N) is 1. The Hall–Kier alpha value is -2.58. The molecule has 0 aromatic rings. The summed E-state index contributed by atoms with van der Waals surface area (Å²) in [5.41, 5.74) is 0. The molecular formula is C67H122N2O6P+. The minimum absolute atomic E-state index is 0.0537. The summed E-state index contributed by atoms with van der Waals surface area (Å²) in [5.74, 6) is -0.187. The molecule has 3 unspecified atom stereocenters. The van der Waals surface area contributed by atoms with Gasteiger partial charge in [-0.15, -0.1) is 0 Å². The molecule has 0 saturated carbocycles. The van der Waals surface area contributed by atoms with Crippen molar-refractivity contribution in [1.29, 1.82) is 0 Å². The Morgan fingerprint density at radius 1 is 0.461 bits per heavy atom. The molecule has 0 bridgehead atoms. The highest BCUT2D eigenvalue weighted by molar-refractivity contribution is 7.47. The van der Waals surface area contributed by atoms with Gasteiger partial charge in [0.2, 0.25) is 5.91 Å². The van der Waals surface area contributed by atoms with Gasteiger partial charge in [0.1, 0.15) is 13.2 Å². The number of aliphatic hydroxyl groups is 1. The minimum atomic E-state index is -4.36. The van der Waals surface area contributed by atoms with Crippen LogP contribution >= 0.6 is 7.82 Å². The number of phosphoric ester groups is 1. The van der Waals surface area contributed by atoms with Gasteiger partial charge in [-0.25, -0.2) is 4.57 Å². The van der Waals surface area contributed by atoms with Crippen LogP contribution in [0.2, 0.25) is 0 Å². The van der Waals surface area contributed by atoms with Gasteiger partial charge in [0.15, 0.2) is 0 Å². The molecule has 3 atom stereocenters. The lowest BCUT2D eigenvalue weighted by Crippen LogP contribution is -2.45. The van der Waals surface area contributed by atoms with Crippen LogP contribution in [0.15, 0.2) is 97.2 Å². The maximum Gasteiger partial charge on any atom is 0.472 e. The van der Waals surface area contributed by atoms with Crippen LogP contribution in [0.25, 0.3) is 0 Å². The zero-order valence-electron chi connectivity index (χ0n) is 50.2. The molecule has 0 aromatic heterocycles. The van der Waals surface area contributed by atoms with E-state index in [-0.39, 0.29) is 19.1 Å². The first-order valence-corrected chi connectivity index (χ1v) is 33.1. The van der Waals surface area contributed by atoms with Crippen LogP contribution in [-0.2, 0) is 18.4 Å². The third kappa shape index (κ3) is 59.1. The zero-order valence-corrected chi connectivity index (χ0v) is 51.1. The van der Waals surface area contributed by atoms with E-state index in [0.29, 0.717) is 17.4 Å². The molecule has 0 radical (unpaired) electrons. The molecule has 0 aliphatic heterocycles. The van der Waals surface area contributed by atoms with E-state index in [1.54, 1.807) is 6.08 Å². The highest BCUT2D eigenvalue weighted by Gasteiger charge is 2.27. The summed E-state index contributed by atoms with van der Waals surface area (Å²) in [7, 11) is 1.55. The highest BCUT2D eigenvalue weighted by Crippen LogP contribution is 2.43. The number of carbonyl (C=O) groups is 1. The number of hydrogen-bond acceptors (Lipinski definition) is 5. The van der Waals surface area contributed by atoms with E-state index in [1.807, 2.05) is 27.2 Å². The number of quaternary nitrogens is 1. The van der Waals surface area contributed by atoms with Gasteiger partial charge >= 0.3 is 7.82 Å². The highest BCUT2D eigenvalue weighted by atomic mass is 31.2. The van der Waals surface area contributed by atoms with Crippen molar-refractivity contribution in [3.05, 3.63) is 97.2 Å². The molecular weight excluding hydrogens is 960 g/mol. The van der Waals surface area contributed by atoms with Crippen molar-refractivity contribution in [1.82, 2.24) is 5.32 Å². The van der Waals surface area contributed by atoms with E-state index in [9.17, 15) is 19.4 Å². The lowest BCUT2D eigenvalue weighted by Gasteiger charge is -2.25. The third-order valence-corrected chi connectivity index (χ3v) is 14.8. The minimum Gasteiger partial charge on any atom is -0.387 e. The lowest BCUT2D eigenvalue weighted by atomic mass is 10.0. The van der Waals surface area contributed by atoms with Crippen molar-refractivity contribution in [3.8, 4) is 0 Å². The monoisotopic (exact) mass is 1080 g/mol. The summed E-state index contributed by atoms with van der Waals surface area (Å²) in [6.45, 7) is 4.70. The second-order valence-corrected chi connectivity index (χ2v) is 23.8. The molecule has 0 spiro atoms. The van der Waals surface area contributed by atoms with Crippen molar-refractivity contribution in [2.75, 3.05) is 40.9 Å². The number of carbonyl (C=O) groups excluding carboxylic acids is 1. The maximum atomic E-state index is 13.0. The Balaban J connectivity index is 4.11. The second kappa shape index (κ2) is 57.1. The lowest BCUT2D eigenvalue weighted by molar-refractivity contribution is -0.870. The van der Waals surface area contributed by atoms with Crippen LogP contribution in [-0.4, -0.2) is 73.4 Å². The van der Waals surface area contributed by atoms with E-state index in [1.165, 1.54) is 173 Å². The van der Waals surface area contributed by atoms with Gasteiger partial charge < -0.3 is 19.8 Å². The molecule has 0 rings (SSSR count). The van der Waals surface area contributed by atoms with E-state index in [2.05, 4.69) is 104 Å². The summed E-state index contributed by atoms with van der Waals surface area (Å²) >= 11 is 0. The number of phosphoric acid groups is 1. The number of nitrogens with zero attached hydrogens (tertiary/aromatic N) is 1. The molecule has 8 nitrogen and oxygen atoms in total. The Morgan fingerprint density at radius 2 is 0.803 bits per heavy atom. The van der Waals surface area contributed by atoms with Crippen molar-refractivity contribution in [2.24, 2.45) is 0 Å². The summed E-state index contributed by atoms with van der Waals surface area (Å²) in [6, 6.07) is -0.868. The zero-order chi connectivity index (χ0) is 55.6. The number of aliphatic hydroxyl groups excluding tert-OH is 1. The Bertz CT molecular complexity index is 1560. The first-order valence-electron chi connectivity index (χ1n) is 31.6. The topological polar surface area (TPSA) is 105 Å². The van der Waals surface area contributed by atoms with Crippen LogP contribution in [0, 0.1) is 0 Å². The van der Waals surface area contributed by atoms with Crippen LogP contribution in [0.3, 0.4) is 0 Å². The van der Waals surface area contributed by atoms with Crippen LogP contribution in [0.5, 0.6) is 0 Å². The fourth-order valence-corrected chi connectivity index (χ4v) is 9.62. The largest absolute Gasteiger partial charge is 0.472 e. The summed E-state index contributed by atoms with van der Waals surface area (Å²) in [6.07, 6.45) is 82.4. The number of amides is 1. The fourth-order valence-electron chi connectivity index (χ4n) is 8.89. The molecule has 0 saturated heterocycles. The van der Waals surface area contributed by atoms with E-state index in [0.717, 1.165) is 77.0 Å². The van der Waals surface area contributed by atoms with Gasteiger partial charge in [-0.3, -0.25) is 13.8 Å². The number of rotatable bonds is 57. The molecule has 0 aromatic carbocycles. The Labute approximate surface area is 470 Å². The predicted octanol–water partition coefficient (Wildman–Crippen LogP) is 19.8. The fraction of sp³-hybridized carbons (Fsp3) is 0.746. The molecule has 3 N–H and O–H groups in total. The van der Waals surface area contributed by atoms with Crippen molar-refractivity contribution in [3.63, 3.8) is 0 Å². The number of allylic oxidation sites excluding steroid dienone is 15. The Kier molecular flexibility index (Phi) is 55.2. The average molecular weight is 1080 g/mol. The van der Waals surface area contributed by atoms with E-state index >= 15 is 0 Å². The summed E-state index contributed by atoms with van der Waals surface area (Å²) < 4.78 is 23.7. The maximum absolute atomic E-state index is 13.0. The van der Waals surface area contributed by atoms with Gasteiger partial charge in [0.25, 0.3) is 0 Å². The van der Waals surface area contributed by atoms with Gasteiger partial charge in [-0.1, -0.05) is 278 Å². The van der Waals surface area contributed by atoms with Gasteiger partial charge in [0, 0.05) is 6.42 Å². The van der Waals surface area contributed by atoms with E-state index in [4.69, 9.17) is 9.05 Å². The standard InChI is InChI=1S/C67H121N2O6P/c1-6-8-10-12-14-16-18-20-22-24-26-27-28-29-30-31-32-33-34-35-36-37-38-39-40-41-43-45-47-49-51-53-55-57-59-61-67(71)68-65(64-75-76(72,73)74-63-62-69(3,4)5)66(70)60-58-56-54-52-50-48-46-44-42-25-23-21-19-17-15-13-11-9-7-2/h8,10,14,16,20,22,26-27,29-30,32-33,50,52,58,60,65-66,70H,6-7,9,11-13,15,17-19,21,23-25,28,31,34-49,51,53-57,59,61-64H2,1-5H3,(H-,68,71,72,73)/p+1/b10-8-,16-14-,22-20-,27-26-,30-29-,33-32-,52-50+,60-58+. The summed E-state index contributed by atoms with van der Waals surface area (Å²) in [4.78, 5) is 23.3. The smallest absolute Gasteiger partial charge is 0.387 e. The molecule has 0 heterocycles. The van der Waals surface area contributed by atoms with E-state index < -0.39 is 20.0 Å². The van der Waals surface area contributed by atoms with Gasteiger partial charge in [0.05, 0.1) is 39.9 Å². The van der Waals surface area contributed by atoms with Crippen molar-refractivity contribution >= 4 is 13.7 Å². The van der Waals surface area contributed by atoms with Crippen molar-refractivity contribution in [2.45, 2.75) is 283 Å². The first-order chi connectivity index (χ1) is 37.0. The molecule has 440 valence electrons. The quantitative estimate of drug-likeness (QED) is 0.0243. The summed E-state index contributed by atoms with van der Waals surface area (Å²) in [5, 5.41) is 13.9. The molecule has 1 amide bonds. The first kappa shape index (κ1) is 73.4. The normalized spacial score (nSPS) is 14.5.